The lowest BCUT2D eigenvalue weighted by Gasteiger charge is -2.33. The van der Waals surface area contributed by atoms with Crippen LogP contribution in [0.1, 0.15) is 6.92 Å². The van der Waals surface area contributed by atoms with E-state index in [1.54, 1.807) is 6.92 Å². The summed E-state index contributed by atoms with van der Waals surface area (Å²) >= 11 is 0. The predicted molar refractivity (Wildman–Crippen MR) is 85.8 cm³/mol. The fourth-order valence-corrected chi connectivity index (χ4v) is 2.67. The minimum atomic E-state index is -0.970. The number of morpholine rings is 1. The number of aliphatic hydroxyl groups is 1. The van der Waals surface area contributed by atoms with Crippen LogP contribution in [0.25, 0.3) is 11.0 Å². The van der Waals surface area contributed by atoms with Crippen LogP contribution >= 0.6 is 0 Å². The van der Waals surface area contributed by atoms with Crippen LogP contribution in [0, 0.1) is 11.6 Å². The van der Waals surface area contributed by atoms with Gasteiger partial charge in [0.2, 0.25) is 0 Å². The number of ether oxygens (including phenoxy) is 1. The number of rotatable bonds is 5. The molecular weight excluding hydrogens is 318 g/mol. The molecule has 0 bridgehead atoms. The summed E-state index contributed by atoms with van der Waals surface area (Å²) in [6.45, 7) is 5.41. The summed E-state index contributed by atoms with van der Waals surface area (Å²) in [4.78, 5) is 10.4. The van der Waals surface area contributed by atoms with Crippen LogP contribution in [0.2, 0.25) is 0 Å². The molecular formula is C16H20F2N4O2. The maximum atomic E-state index is 13.3. The summed E-state index contributed by atoms with van der Waals surface area (Å²) in [5, 5.41) is 13.5. The Balaban J connectivity index is 1.64. The summed E-state index contributed by atoms with van der Waals surface area (Å²) in [6.07, 6.45) is 1.44. The number of anilines is 1. The molecule has 1 aliphatic heterocycles. The van der Waals surface area contributed by atoms with Gasteiger partial charge in [0.1, 0.15) is 5.82 Å². The van der Waals surface area contributed by atoms with Crippen LogP contribution in [0.15, 0.2) is 18.3 Å². The Morgan fingerprint density at radius 3 is 2.62 bits per heavy atom. The van der Waals surface area contributed by atoms with E-state index in [1.165, 1.54) is 6.20 Å². The third-order valence-corrected chi connectivity index (χ3v) is 3.90. The lowest BCUT2D eigenvalue weighted by molar-refractivity contribution is -0.0164. The molecule has 6 nitrogen and oxygen atoms in total. The van der Waals surface area contributed by atoms with Gasteiger partial charge in [0.25, 0.3) is 0 Å². The molecule has 1 aromatic heterocycles. The van der Waals surface area contributed by atoms with E-state index in [4.69, 9.17) is 4.74 Å². The molecule has 130 valence electrons. The molecule has 1 fully saturated rings. The van der Waals surface area contributed by atoms with Crippen molar-refractivity contribution in [3.05, 3.63) is 30.0 Å². The summed E-state index contributed by atoms with van der Waals surface area (Å²) in [5.41, 5.74) is -0.437. The summed E-state index contributed by atoms with van der Waals surface area (Å²) in [7, 11) is 0. The highest BCUT2D eigenvalue weighted by Crippen LogP contribution is 2.17. The molecule has 0 aliphatic carbocycles. The number of β-amino-alcohol motifs (C(OH)–C–C–N with tert-alkyl or cyclic N) is 1. The normalized spacial score (nSPS) is 18.5. The fraction of sp³-hybridized carbons (Fsp3) is 0.500. The molecule has 1 aromatic carbocycles. The topological polar surface area (TPSA) is 70.5 Å². The number of nitrogens with zero attached hydrogens (tertiary/aromatic N) is 3. The quantitative estimate of drug-likeness (QED) is 0.859. The van der Waals surface area contributed by atoms with Crippen LogP contribution < -0.4 is 5.32 Å². The standard InChI is InChI=1S/C16H20F2N4O2/c1-16(23,10-22-2-4-24-5-3-22)9-20-15-8-19-13-6-11(17)12(18)7-14(13)21-15/h6-8,23H,2-5,9-10H2,1H3,(H,20,21)/t16-/m1/s1. The van der Waals surface area contributed by atoms with Gasteiger partial charge >= 0.3 is 0 Å². The average molecular weight is 338 g/mol. The zero-order chi connectivity index (χ0) is 17.2. The molecule has 8 heteroatoms. The van der Waals surface area contributed by atoms with E-state index >= 15 is 0 Å². The van der Waals surface area contributed by atoms with Crippen molar-refractivity contribution in [2.45, 2.75) is 12.5 Å². The van der Waals surface area contributed by atoms with E-state index in [2.05, 4.69) is 20.2 Å². The Hall–Kier alpha value is -1.90. The smallest absolute Gasteiger partial charge is 0.161 e. The van der Waals surface area contributed by atoms with Crippen LogP contribution in [0.3, 0.4) is 0 Å². The highest BCUT2D eigenvalue weighted by atomic mass is 19.2. The number of benzene rings is 1. The SMILES string of the molecule is C[C@@](O)(CNc1cnc2cc(F)c(F)cc2n1)CN1CCOCC1. The first kappa shape index (κ1) is 16.9. The van der Waals surface area contributed by atoms with Gasteiger partial charge in [-0.05, 0) is 6.92 Å². The minimum Gasteiger partial charge on any atom is -0.387 e. The van der Waals surface area contributed by atoms with E-state index in [0.29, 0.717) is 25.6 Å². The minimum absolute atomic E-state index is 0.256. The molecule has 0 unspecified atom stereocenters. The molecule has 1 atom stereocenters. The van der Waals surface area contributed by atoms with E-state index in [9.17, 15) is 13.9 Å². The van der Waals surface area contributed by atoms with Crippen LogP contribution in [-0.4, -0.2) is 65.0 Å². The van der Waals surface area contributed by atoms with Crippen molar-refractivity contribution in [3.8, 4) is 0 Å². The van der Waals surface area contributed by atoms with Gasteiger partial charge < -0.3 is 15.2 Å². The molecule has 1 aliphatic rings. The molecule has 3 rings (SSSR count). The molecule has 2 heterocycles. The van der Waals surface area contributed by atoms with E-state index < -0.39 is 17.2 Å². The highest BCUT2D eigenvalue weighted by Gasteiger charge is 2.25. The molecule has 0 amide bonds. The molecule has 0 saturated carbocycles. The number of nitrogens with one attached hydrogen (secondary N) is 1. The number of hydrogen-bond donors (Lipinski definition) is 2. The van der Waals surface area contributed by atoms with Crippen molar-refractivity contribution in [1.82, 2.24) is 14.9 Å². The second-order valence-electron chi connectivity index (χ2n) is 6.25. The molecule has 2 N–H and O–H groups in total. The van der Waals surface area contributed by atoms with Crippen LogP contribution in [0.5, 0.6) is 0 Å². The Morgan fingerprint density at radius 2 is 1.92 bits per heavy atom. The Morgan fingerprint density at radius 1 is 1.25 bits per heavy atom. The third kappa shape index (κ3) is 4.14. The van der Waals surface area contributed by atoms with Gasteiger partial charge in [-0.15, -0.1) is 0 Å². The van der Waals surface area contributed by atoms with Crippen molar-refractivity contribution in [2.24, 2.45) is 0 Å². The monoisotopic (exact) mass is 338 g/mol. The second kappa shape index (κ2) is 6.92. The van der Waals surface area contributed by atoms with Crippen LogP contribution in [0.4, 0.5) is 14.6 Å². The summed E-state index contributed by atoms with van der Waals surface area (Å²) in [6, 6.07) is 2.02. The van der Waals surface area contributed by atoms with E-state index in [-0.39, 0.29) is 17.6 Å². The highest BCUT2D eigenvalue weighted by molar-refractivity contribution is 5.75. The van der Waals surface area contributed by atoms with E-state index in [0.717, 1.165) is 25.2 Å². The zero-order valence-electron chi connectivity index (χ0n) is 13.4. The molecule has 24 heavy (non-hydrogen) atoms. The van der Waals surface area contributed by atoms with Gasteiger partial charge in [-0.1, -0.05) is 0 Å². The first-order valence-corrected chi connectivity index (χ1v) is 7.81. The van der Waals surface area contributed by atoms with Gasteiger partial charge in [-0.3, -0.25) is 9.88 Å². The zero-order valence-corrected chi connectivity index (χ0v) is 13.4. The lowest BCUT2D eigenvalue weighted by atomic mass is 10.1. The summed E-state index contributed by atoms with van der Waals surface area (Å²) < 4.78 is 31.8. The Kier molecular flexibility index (Phi) is 4.88. The van der Waals surface area contributed by atoms with Crippen LogP contribution in [-0.2, 0) is 4.74 Å². The predicted octanol–water partition coefficient (Wildman–Crippen LogP) is 1.40. The van der Waals surface area contributed by atoms with Gasteiger partial charge in [0, 0.05) is 38.3 Å². The first-order chi connectivity index (χ1) is 11.4. The molecule has 0 radical (unpaired) electrons. The molecule has 2 aromatic rings. The van der Waals surface area contributed by atoms with Crippen molar-refractivity contribution in [1.29, 1.82) is 0 Å². The maximum Gasteiger partial charge on any atom is 0.161 e. The van der Waals surface area contributed by atoms with E-state index in [1.807, 2.05) is 0 Å². The van der Waals surface area contributed by atoms with Crippen molar-refractivity contribution in [2.75, 3.05) is 44.7 Å². The number of fused-ring (bicyclic) bond motifs is 1. The number of halogens is 2. The number of aromatic nitrogens is 2. The fourth-order valence-electron chi connectivity index (χ4n) is 2.67. The van der Waals surface area contributed by atoms with Gasteiger partial charge in [-0.2, -0.15) is 0 Å². The first-order valence-electron chi connectivity index (χ1n) is 7.81. The van der Waals surface area contributed by atoms with Gasteiger partial charge in [0.15, 0.2) is 11.6 Å². The Labute approximate surface area is 138 Å². The largest absolute Gasteiger partial charge is 0.387 e. The Bertz CT molecular complexity index is 721. The van der Waals surface area contributed by atoms with Crippen molar-refractivity contribution < 1.29 is 18.6 Å². The third-order valence-electron chi connectivity index (χ3n) is 3.90. The maximum absolute atomic E-state index is 13.3. The molecule has 1 saturated heterocycles. The summed E-state index contributed by atoms with van der Waals surface area (Å²) in [5.74, 6) is -1.52. The number of hydrogen-bond acceptors (Lipinski definition) is 6. The van der Waals surface area contributed by atoms with Gasteiger partial charge in [0.05, 0.1) is 36.0 Å². The van der Waals surface area contributed by atoms with Crippen molar-refractivity contribution >= 4 is 16.9 Å². The van der Waals surface area contributed by atoms with Crippen molar-refractivity contribution in [3.63, 3.8) is 0 Å². The molecule has 0 spiro atoms. The van der Waals surface area contributed by atoms with Gasteiger partial charge in [-0.25, -0.2) is 13.8 Å². The second-order valence-corrected chi connectivity index (χ2v) is 6.25. The lowest BCUT2D eigenvalue weighted by Crippen LogP contribution is -2.49. The average Bonchev–Trinajstić information content (AvgIpc) is 2.55.